The van der Waals surface area contributed by atoms with Crippen LogP contribution in [0.3, 0.4) is 0 Å². The summed E-state index contributed by atoms with van der Waals surface area (Å²) >= 11 is 0.0723. The van der Waals surface area contributed by atoms with Gasteiger partial charge in [0.1, 0.15) is 0 Å². The van der Waals surface area contributed by atoms with E-state index in [0.717, 1.165) is 6.54 Å². The van der Waals surface area contributed by atoms with E-state index >= 15 is 0 Å². The van der Waals surface area contributed by atoms with Crippen LogP contribution in [0.5, 0.6) is 0 Å². The number of hydrogen-bond acceptors (Lipinski definition) is 1. The van der Waals surface area contributed by atoms with Crippen molar-refractivity contribution in [2.75, 3.05) is 6.54 Å². The maximum atomic E-state index is 5.41. The summed E-state index contributed by atoms with van der Waals surface area (Å²) in [6.07, 6.45) is 1.19. The van der Waals surface area contributed by atoms with Crippen molar-refractivity contribution in [3.63, 3.8) is 0 Å². The van der Waals surface area contributed by atoms with Crippen LogP contribution in [-0.2, 0) is 0 Å². The van der Waals surface area contributed by atoms with E-state index in [2.05, 4.69) is 30.3 Å². The third-order valence-electron chi connectivity index (χ3n) is 1.36. The van der Waals surface area contributed by atoms with Gasteiger partial charge >= 0.3 is 78.0 Å². The van der Waals surface area contributed by atoms with Gasteiger partial charge in [0.15, 0.2) is 0 Å². The molecule has 0 unspecified atom stereocenters. The van der Waals surface area contributed by atoms with Crippen LogP contribution in [0, 0.1) is 0 Å². The molecule has 1 rings (SSSR count). The van der Waals surface area contributed by atoms with E-state index in [0.29, 0.717) is 0 Å². The summed E-state index contributed by atoms with van der Waals surface area (Å²) in [6.45, 7) is 0.845. The van der Waals surface area contributed by atoms with Crippen LogP contribution in [0.15, 0.2) is 30.3 Å². The second kappa shape index (κ2) is 5.60. The Balaban J connectivity index is 2.28. The SMILES string of the molecule is NCCC[Te]c1ccccc1. The molecule has 1 aromatic rings. The molecule has 0 aliphatic carbocycles. The zero-order valence-electron chi connectivity index (χ0n) is 6.49. The molecule has 0 aromatic heterocycles. The summed E-state index contributed by atoms with van der Waals surface area (Å²) in [5, 5.41) is 0. The van der Waals surface area contributed by atoms with Gasteiger partial charge in [0.2, 0.25) is 0 Å². The van der Waals surface area contributed by atoms with E-state index in [4.69, 9.17) is 5.73 Å². The number of hydrogen-bond donors (Lipinski definition) is 1. The molecule has 60 valence electrons. The van der Waals surface area contributed by atoms with Crippen molar-refractivity contribution < 1.29 is 0 Å². The van der Waals surface area contributed by atoms with Crippen LogP contribution in [0.4, 0.5) is 0 Å². The Morgan fingerprint density at radius 3 is 2.55 bits per heavy atom. The molecular formula is C9H13NTe. The Morgan fingerprint density at radius 2 is 1.91 bits per heavy atom. The van der Waals surface area contributed by atoms with Crippen LogP contribution in [-0.4, -0.2) is 27.5 Å². The van der Waals surface area contributed by atoms with Crippen LogP contribution < -0.4 is 9.35 Å². The second-order valence-electron chi connectivity index (χ2n) is 2.30. The predicted molar refractivity (Wildman–Crippen MR) is 50.3 cm³/mol. The predicted octanol–water partition coefficient (Wildman–Crippen LogP) is 0.783. The molecule has 0 saturated heterocycles. The number of rotatable bonds is 4. The Morgan fingerprint density at radius 1 is 1.18 bits per heavy atom. The minimum absolute atomic E-state index is 0.0723. The molecule has 0 amide bonds. The molecule has 11 heavy (non-hydrogen) atoms. The first-order valence-electron chi connectivity index (χ1n) is 3.81. The molecule has 2 heteroatoms. The second-order valence-corrected chi connectivity index (χ2v) is 5.64. The van der Waals surface area contributed by atoms with Crippen molar-refractivity contribution in [3.05, 3.63) is 30.3 Å². The van der Waals surface area contributed by atoms with Crippen LogP contribution in [0.2, 0.25) is 4.47 Å². The summed E-state index contributed by atoms with van der Waals surface area (Å²) in [4.78, 5) is 0. The van der Waals surface area contributed by atoms with Crippen molar-refractivity contribution in [1.82, 2.24) is 0 Å². The molecule has 0 heterocycles. The normalized spacial score (nSPS) is 9.91. The minimum atomic E-state index is 0.0723. The van der Waals surface area contributed by atoms with E-state index in [9.17, 15) is 0 Å². The van der Waals surface area contributed by atoms with Gasteiger partial charge in [-0.1, -0.05) is 0 Å². The van der Waals surface area contributed by atoms with Gasteiger partial charge in [-0.3, -0.25) is 0 Å². The molecular weight excluding hydrogens is 250 g/mol. The molecule has 0 bridgehead atoms. The summed E-state index contributed by atoms with van der Waals surface area (Å²) < 4.78 is 2.89. The number of benzene rings is 1. The Hall–Kier alpha value is -0.0304. The summed E-state index contributed by atoms with van der Waals surface area (Å²) in [7, 11) is 0. The van der Waals surface area contributed by atoms with Crippen molar-refractivity contribution in [1.29, 1.82) is 0 Å². The first-order chi connectivity index (χ1) is 5.43. The van der Waals surface area contributed by atoms with E-state index in [1.807, 2.05) is 0 Å². The molecule has 0 fully saturated rings. The molecule has 0 spiro atoms. The van der Waals surface area contributed by atoms with Gasteiger partial charge in [0.05, 0.1) is 0 Å². The molecule has 0 atom stereocenters. The molecule has 0 radical (unpaired) electrons. The maximum absolute atomic E-state index is 5.41. The molecule has 0 aliphatic heterocycles. The van der Waals surface area contributed by atoms with Gasteiger partial charge < -0.3 is 0 Å². The van der Waals surface area contributed by atoms with E-state index in [1.165, 1.54) is 10.9 Å². The van der Waals surface area contributed by atoms with Crippen LogP contribution in [0.1, 0.15) is 6.42 Å². The van der Waals surface area contributed by atoms with Crippen molar-refractivity contribution in [2.45, 2.75) is 10.9 Å². The monoisotopic (exact) mass is 265 g/mol. The molecule has 0 saturated carbocycles. The fourth-order valence-electron chi connectivity index (χ4n) is 0.790. The fraction of sp³-hybridized carbons (Fsp3) is 0.333. The topological polar surface area (TPSA) is 26.0 Å². The van der Waals surface area contributed by atoms with Crippen LogP contribution in [0.25, 0.3) is 0 Å². The molecule has 1 nitrogen and oxygen atoms in total. The van der Waals surface area contributed by atoms with Crippen molar-refractivity contribution in [2.24, 2.45) is 5.73 Å². The average molecular weight is 263 g/mol. The van der Waals surface area contributed by atoms with Gasteiger partial charge in [-0.25, -0.2) is 0 Å². The van der Waals surface area contributed by atoms with Crippen molar-refractivity contribution in [3.8, 4) is 0 Å². The average Bonchev–Trinajstić information content (AvgIpc) is 2.07. The summed E-state index contributed by atoms with van der Waals surface area (Å²) in [5.41, 5.74) is 5.41. The first kappa shape index (κ1) is 9.06. The zero-order valence-corrected chi connectivity index (χ0v) is 8.82. The first-order valence-corrected chi connectivity index (χ1v) is 6.62. The number of nitrogens with two attached hydrogens (primary N) is 1. The zero-order chi connectivity index (χ0) is 7.94. The fourth-order valence-corrected chi connectivity index (χ4v) is 3.35. The molecule has 1 aromatic carbocycles. The van der Waals surface area contributed by atoms with Gasteiger partial charge in [0.25, 0.3) is 0 Å². The van der Waals surface area contributed by atoms with Crippen molar-refractivity contribution >= 4 is 24.5 Å². The quantitative estimate of drug-likeness (QED) is 0.630. The third-order valence-corrected chi connectivity index (χ3v) is 4.50. The Labute approximate surface area is 78.1 Å². The molecule has 2 N–H and O–H groups in total. The van der Waals surface area contributed by atoms with E-state index < -0.39 is 0 Å². The summed E-state index contributed by atoms with van der Waals surface area (Å²) in [6, 6.07) is 10.7. The Bertz CT molecular complexity index is 186. The third kappa shape index (κ3) is 3.76. The van der Waals surface area contributed by atoms with Gasteiger partial charge in [-0.15, -0.1) is 0 Å². The molecule has 0 aliphatic rings. The van der Waals surface area contributed by atoms with Crippen LogP contribution >= 0.6 is 0 Å². The standard InChI is InChI=1S/C9H13NTe/c10-7-4-8-11-9-5-2-1-3-6-9/h1-3,5-6H,4,7-8,10H2. The van der Waals surface area contributed by atoms with Gasteiger partial charge in [0, 0.05) is 0 Å². The van der Waals surface area contributed by atoms with E-state index in [-0.39, 0.29) is 20.9 Å². The Kier molecular flexibility index (Phi) is 4.61. The van der Waals surface area contributed by atoms with Gasteiger partial charge in [-0.05, 0) is 0 Å². The summed E-state index contributed by atoms with van der Waals surface area (Å²) in [5.74, 6) is 0. The van der Waals surface area contributed by atoms with Gasteiger partial charge in [-0.2, -0.15) is 0 Å². The van der Waals surface area contributed by atoms with E-state index in [1.54, 1.807) is 3.61 Å².